The van der Waals surface area contributed by atoms with Crippen LogP contribution in [0.15, 0.2) is 65.4 Å². The Morgan fingerprint density at radius 2 is 1.75 bits per heavy atom. The number of halogens is 1. The number of anilines is 1. The lowest BCUT2D eigenvalue weighted by Gasteiger charge is -2.22. The summed E-state index contributed by atoms with van der Waals surface area (Å²) in [4.78, 5) is 46.3. The normalized spacial score (nSPS) is 10.2. The number of nitrogens with zero attached hydrogens (tertiary/aromatic N) is 3. The van der Waals surface area contributed by atoms with Crippen LogP contribution in [-0.4, -0.2) is 34.4 Å². The van der Waals surface area contributed by atoms with Crippen molar-refractivity contribution in [2.45, 2.75) is 6.92 Å². The Hall–Kier alpha value is -3.83. The number of rotatable bonds is 5. The zero-order valence-electron chi connectivity index (χ0n) is 16.9. The zero-order chi connectivity index (χ0) is 23.1. The molecular weight excluding hydrogens is 480 g/mol. The molecule has 3 rings (SSSR count). The van der Waals surface area contributed by atoms with Crippen LogP contribution in [0.2, 0.25) is 0 Å². The van der Waals surface area contributed by atoms with Gasteiger partial charge in [-0.1, -0.05) is 18.2 Å². The molecule has 0 atom stereocenters. The summed E-state index contributed by atoms with van der Waals surface area (Å²) in [5.41, 5.74) is 10.7. The first-order valence-corrected chi connectivity index (χ1v) is 10.1. The van der Waals surface area contributed by atoms with Crippen LogP contribution in [0.5, 0.6) is 11.8 Å². The van der Waals surface area contributed by atoms with Gasteiger partial charge in [0.25, 0.3) is 11.8 Å². The summed E-state index contributed by atoms with van der Waals surface area (Å²) in [6, 6.07) is 12.3. The molecule has 2 aromatic carbocycles. The van der Waals surface area contributed by atoms with Gasteiger partial charge in [0, 0.05) is 18.0 Å². The van der Waals surface area contributed by atoms with Crippen molar-refractivity contribution in [1.29, 1.82) is 0 Å². The fourth-order valence-corrected chi connectivity index (χ4v) is 2.81. The van der Waals surface area contributed by atoms with Crippen molar-refractivity contribution in [3.8, 4) is 11.8 Å². The predicted octanol–water partition coefficient (Wildman–Crippen LogP) is 2.69. The minimum Gasteiger partial charge on any atom is -0.424 e. The van der Waals surface area contributed by atoms with Gasteiger partial charge in [0.15, 0.2) is 0 Å². The minimum atomic E-state index is -0.857. The average Bonchev–Trinajstić information content (AvgIpc) is 2.81. The third-order valence-corrected chi connectivity index (χ3v) is 4.55. The Balaban J connectivity index is 1.90. The quantitative estimate of drug-likeness (QED) is 0.459. The van der Waals surface area contributed by atoms with E-state index in [0.29, 0.717) is 15.8 Å². The van der Waals surface area contributed by atoms with E-state index in [1.54, 1.807) is 61.8 Å². The topological polar surface area (TPSA) is 140 Å². The molecule has 0 radical (unpaired) electrons. The van der Waals surface area contributed by atoms with Crippen LogP contribution in [0.25, 0.3) is 0 Å². The highest BCUT2D eigenvalue weighted by Gasteiger charge is 2.26. The number of hydrogen-bond acceptors (Lipinski definition) is 7. The summed E-state index contributed by atoms with van der Waals surface area (Å²) < 4.78 is 6.39. The van der Waals surface area contributed by atoms with Gasteiger partial charge in [-0.3, -0.25) is 15.0 Å². The number of aryl methyl sites for hydroxylation is 1. The van der Waals surface area contributed by atoms with Crippen LogP contribution in [0, 0.1) is 6.92 Å². The Labute approximate surface area is 191 Å². The van der Waals surface area contributed by atoms with Crippen LogP contribution >= 0.6 is 15.9 Å². The molecule has 0 spiro atoms. The van der Waals surface area contributed by atoms with Gasteiger partial charge < -0.3 is 10.5 Å². The molecule has 11 heteroatoms. The summed E-state index contributed by atoms with van der Waals surface area (Å²) >= 11 is 3.25. The molecule has 0 aliphatic heterocycles. The molecule has 4 amide bonds. The van der Waals surface area contributed by atoms with E-state index in [1.807, 2.05) is 0 Å². The van der Waals surface area contributed by atoms with Gasteiger partial charge in [-0.05, 0) is 58.7 Å². The summed E-state index contributed by atoms with van der Waals surface area (Å²) in [5, 5.41) is 0. The van der Waals surface area contributed by atoms with E-state index in [1.165, 1.54) is 6.07 Å². The van der Waals surface area contributed by atoms with E-state index >= 15 is 0 Å². The van der Waals surface area contributed by atoms with E-state index in [2.05, 4.69) is 36.7 Å². The SMILES string of the molecule is Cc1cc(N(C(=O)NNC(=O)CN)C(=O)c2ccccc2)ccc1Oc1ncc(Br)cn1. The fourth-order valence-electron chi connectivity index (χ4n) is 2.61. The smallest absolute Gasteiger partial charge is 0.347 e. The number of urea groups is 1. The molecule has 1 heterocycles. The Bertz CT molecular complexity index is 1120. The number of imide groups is 1. The van der Waals surface area contributed by atoms with E-state index in [-0.39, 0.29) is 23.8 Å². The van der Waals surface area contributed by atoms with Crippen LogP contribution < -0.4 is 26.2 Å². The maximum Gasteiger partial charge on any atom is 0.347 e. The Morgan fingerprint density at radius 1 is 1.06 bits per heavy atom. The highest BCUT2D eigenvalue weighted by Crippen LogP contribution is 2.28. The fraction of sp³-hybridized carbons (Fsp3) is 0.0952. The molecule has 0 bridgehead atoms. The lowest BCUT2D eigenvalue weighted by Crippen LogP contribution is -2.52. The average molecular weight is 499 g/mol. The number of carbonyl (C=O) groups is 3. The second kappa shape index (κ2) is 10.5. The monoisotopic (exact) mass is 498 g/mol. The molecule has 4 N–H and O–H groups in total. The molecule has 1 aromatic heterocycles. The summed E-state index contributed by atoms with van der Waals surface area (Å²) in [6.07, 6.45) is 3.10. The highest BCUT2D eigenvalue weighted by atomic mass is 79.9. The molecule has 0 aliphatic carbocycles. The van der Waals surface area contributed by atoms with E-state index < -0.39 is 17.8 Å². The third-order valence-electron chi connectivity index (χ3n) is 4.14. The molecule has 10 nitrogen and oxygen atoms in total. The van der Waals surface area contributed by atoms with Gasteiger partial charge in [0.05, 0.1) is 16.7 Å². The first kappa shape index (κ1) is 22.8. The van der Waals surface area contributed by atoms with Crippen LogP contribution in [0.1, 0.15) is 15.9 Å². The number of amides is 4. The second-order valence-corrected chi connectivity index (χ2v) is 7.34. The van der Waals surface area contributed by atoms with Crippen molar-refractivity contribution in [1.82, 2.24) is 20.8 Å². The van der Waals surface area contributed by atoms with Crippen LogP contribution in [0.3, 0.4) is 0 Å². The number of carbonyl (C=O) groups excluding carboxylic acids is 3. The number of ether oxygens (including phenoxy) is 1. The number of hydrogen-bond donors (Lipinski definition) is 3. The van der Waals surface area contributed by atoms with Crippen LogP contribution in [0.4, 0.5) is 10.5 Å². The third kappa shape index (κ3) is 5.65. The Morgan fingerprint density at radius 3 is 2.38 bits per heavy atom. The molecule has 0 saturated heterocycles. The van der Waals surface area contributed by atoms with Crippen molar-refractivity contribution in [3.63, 3.8) is 0 Å². The first-order chi connectivity index (χ1) is 15.4. The lowest BCUT2D eigenvalue weighted by atomic mass is 10.1. The number of benzene rings is 2. The number of hydrazine groups is 1. The van der Waals surface area contributed by atoms with Gasteiger partial charge in [0.1, 0.15) is 5.75 Å². The van der Waals surface area contributed by atoms with Crippen molar-refractivity contribution >= 4 is 39.5 Å². The molecule has 32 heavy (non-hydrogen) atoms. The van der Waals surface area contributed by atoms with Gasteiger partial charge in [-0.15, -0.1) is 0 Å². The Kier molecular flexibility index (Phi) is 7.47. The highest BCUT2D eigenvalue weighted by molar-refractivity contribution is 9.10. The van der Waals surface area contributed by atoms with Gasteiger partial charge >= 0.3 is 12.0 Å². The minimum absolute atomic E-state index is 0.142. The molecular formula is C21H19BrN6O4. The standard InChI is InChI=1S/C21H19BrN6O4/c1-13-9-16(7-8-17(13)32-20-24-11-15(22)12-25-20)28(21(31)27-26-18(29)10-23)19(30)14-5-3-2-4-6-14/h2-9,11-12H,10,23H2,1H3,(H,26,29)(H,27,31). The van der Waals surface area contributed by atoms with Crippen molar-refractivity contribution in [2.75, 3.05) is 11.4 Å². The molecule has 0 aliphatic rings. The van der Waals surface area contributed by atoms with Crippen molar-refractivity contribution in [2.24, 2.45) is 5.73 Å². The van der Waals surface area contributed by atoms with E-state index in [4.69, 9.17) is 10.5 Å². The maximum absolute atomic E-state index is 13.1. The summed E-state index contributed by atoms with van der Waals surface area (Å²) in [6.45, 7) is 1.42. The zero-order valence-corrected chi connectivity index (χ0v) is 18.5. The van der Waals surface area contributed by atoms with Crippen LogP contribution in [-0.2, 0) is 4.79 Å². The molecule has 0 saturated carbocycles. The van der Waals surface area contributed by atoms with E-state index in [9.17, 15) is 14.4 Å². The van der Waals surface area contributed by atoms with Crippen molar-refractivity contribution < 1.29 is 19.1 Å². The van der Waals surface area contributed by atoms with E-state index in [0.717, 1.165) is 4.90 Å². The number of nitrogens with one attached hydrogen (secondary N) is 2. The molecule has 3 aromatic rings. The summed E-state index contributed by atoms with van der Waals surface area (Å²) in [7, 11) is 0. The summed E-state index contributed by atoms with van der Waals surface area (Å²) in [5.74, 6) is -0.755. The van der Waals surface area contributed by atoms with Gasteiger partial charge in [-0.25, -0.2) is 25.1 Å². The van der Waals surface area contributed by atoms with Gasteiger partial charge in [0.2, 0.25) is 0 Å². The molecule has 164 valence electrons. The first-order valence-electron chi connectivity index (χ1n) is 9.33. The number of aromatic nitrogens is 2. The number of nitrogens with two attached hydrogens (primary N) is 1. The largest absolute Gasteiger partial charge is 0.424 e. The lowest BCUT2D eigenvalue weighted by molar-refractivity contribution is -0.120. The predicted molar refractivity (Wildman–Crippen MR) is 120 cm³/mol. The maximum atomic E-state index is 13.1. The van der Waals surface area contributed by atoms with Gasteiger partial charge in [-0.2, -0.15) is 0 Å². The molecule has 0 unspecified atom stereocenters. The molecule has 0 fully saturated rings. The second-order valence-electron chi connectivity index (χ2n) is 6.42. The van der Waals surface area contributed by atoms with Crippen molar-refractivity contribution in [3.05, 3.63) is 76.5 Å².